The minimum atomic E-state index is -0.206. The number of aromatic nitrogens is 1. The number of rotatable bonds is 8. The monoisotopic (exact) mass is 391 g/mol. The molecule has 6 nitrogen and oxygen atoms in total. The quantitative estimate of drug-likeness (QED) is 0.608. The van der Waals surface area contributed by atoms with Gasteiger partial charge in [-0.1, -0.05) is 30.3 Å². The van der Waals surface area contributed by atoms with E-state index in [1.54, 1.807) is 26.5 Å². The van der Waals surface area contributed by atoms with Gasteiger partial charge in [-0.15, -0.1) is 0 Å². The van der Waals surface area contributed by atoms with Crippen LogP contribution in [0, 0.1) is 6.92 Å². The molecule has 1 aromatic heterocycles. The van der Waals surface area contributed by atoms with E-state index in [4.69, 9.17) is 9.47 Å². The summed E-state index contributed by atoms with van der Waals surface area (Å²) in [6, 6.07) is 17.3. The summed E-state index contributed by atoms with van der Waals surface area (Å²) in [6.45, 7) is 3.07. The van der Waals surface area contributed by atoms with Crippen molar-refractivity contribution < 1.29 is 14.3 Å². The molecule has 0 aliphatic heterocycles. The predicted octanol–water partition coefficient (Wildman–Crippen LogP) is 3.95. The van der Waals surface area contributed by atoms with Crippen molar-refractivity contribution in [3.05, 3.63) is 83.2 Å². The van der Waals surface area contributed by atoms with E-state index in [0.717, 1.165) is 22.4 Å². The zero-order valence-corrected chi connectivity index (χ0v) is 16.9. The number of pyridine rings is 1. The lowest BCUT2D eigenvalue weighted by Crippen LogP contribution is -2.24. The Balaban J connectivity index is 1.62. The van der Waals surface area contributed by atoms with Gasteiger partial charge >= 0.3 is 0 Å². The number of hydrogen-bond donors (Lipinski definition) is 2. The number of hydrogen-bond acceptors (Lipinski definition) is 5. The van der Waals surface area contributed by atoms with E-state index < -0.39 is 0 Å². The number of carbonyl (C=O) groups is 1. The molecule has 0 atom stereocenters. The number of aryl methyl sites for hydroxylation is 1. The van der Waals surface area contributed by atoms with Crippen molar-refractivity contribution in [3.63, 3.8) is 0 Å². The first-order valence-corrected chi connectivity index (χ1v) is 9.34. The molecule has 0 saturated carbocycles. The van der Waals surface area contributed by atoms with Gasteiger partial charge in [-0.2, -0.15) is 0 Å². The molecule has 0 bridgehead atoms. The molecule has 0 radical (unpaired) electrons. The van der Waals surface area contributed by atoms with Crippen molar-refractivity contribution >= 4 is 11.6 Å². The number of nitrogens with zero attached hydrogens (tertiary/aromatic N) is 1. The van der Waals surface area contributed by atoms with E-state index >= 15 is 0 Å². The Bertz CT molecular complexity index is 989. The predicted molar refractivity (Wildman–Crippen MR) is 113 cm³/mol. The highest BCUT2D eigenvalue weighted by atomic mass is 16.5. The average molecular weight is 391 g/mol. The molecule has 2 N–H and O–H groups in total. The van der Waals surface area contributed by atoms with E-state index in [9.17, 15) is 4.79 Å². The lowest BCUT2D eigenvalue weighted by atomic mass is 10.1. The number of benzene rings is 2. The van der Waals surface area contributed by atoms with Crippen molar-refractivity contribution in [1.29, 1.82) is 0 Å². The standard InChI is InChI=1S/C23H25N3O3/c1-16-6-4-5-7-18(16)15-26-23(27)20-13-19(10-11-24-20)25-14-17-8-9-21(28-2)22(12-17)29-3/h4-13H,14-15H2,1-3H3,(H,24,25)(H,26,27). The Hall–Kier alpha value is -3.54. The summed E-state index contributed by atoms with van der Waals surface area (Å²) in [5.41, 5.74) is 4.45. The molecule has 1 amide bonds. The van der Waals surface area contributed by atoms with Crippen LogP contribution in [0.25, 0.3) is 0 Å². The fourth-order valence-corrected chi connectivity index (χ4v) is 2.93. The zero-order chi connectivity index (χ0) is 20.6. The highest BCUT2D eigenvalue weighted by Gasteiger charge is 2.09. The van der Waals surface area contributed by atoms with Crippen LogP contribution in [-0.4, -0.2) is 25.1 Å². The summed E-state index contributed by atoms with van der Waals surface area (Å²) < 4.78 is 10.6. The number of methoxy groups -OCH3 is 2. The van der Waals surface area contributed by atoms with E-state index in [1.165, 1.54) is 0 Å². The number of ether oxygens (including phenoxy) is 2. The van der Waals surface area contributed by atoms with Crippen molar-refractivity contribution in [3.8, 4) is 11.5 Å². The second-order valence-corrected chi connectivity index (χ2v) is 6.58. The summed E-state index contributed by atoms with van der Waals surface area (Å²) in [7, 11) is 3.22. The third kappa shape index (κ3) is 5.25. The summed E-state index contributed by atoms with van der Waals surface area (Å²) in [6.07, 6.45) is 1.62. The Morgan fingerprint density at radius 3 is 2.52 bits per heavy atom. The Labute approximate surface area is 170 Å². The van der Waals surface area contributed by atoms with Crippen LogP contribution < -0.4 is 20.1 Å². The van der Waals surface area contributed by atoms with Gasteiger partial charge in [0.25, 0.3) is 5.91 Å². The number of amides is 1. The summed E-state index contributed by atoms with van der Waals surface area (Å²) >= 11 is 0. The molecule has 29 heavy (non-hydrogen) atoms. The van der Waals surface area contributed by atoms with Crippen LogP contribution in [0.4, 0.5) is 5.69 Å². The van der Waals surface area contributed by atoms with Crippen LogP contribution in [0.3, 0.4) is 0 Å². The molecule has 0 aliphatic rings. The number of anilines is 1. The van der Waals surface area contributed by atoms with Crippen LogP contribution in [0.2, 0.25) is 0 Å². The Morgan fingerprint density at radius 2 is 1.76 bits per heavy atom. The number of carbonyl (C=O) groups excluding carboxylic acids is 1. The summed E-state index contributed by atoms with van der Waals surface area (Å²) in [4.78, 5) is 16.7. The molecule has 0 fully saturated rings. The molecule has 0 unspecified atom stereocenters. The highest BCUT2D eigenvalue weighted by Crippen LogP contribution is 2.27. The van der Waals surface area contributed by atoms with Gasteiger partial charge in [0, 0.05) is 25.0 Å². The lowest BCUT2D eigenvalue weighted by molar-refractivity contribution is 0.0946. The maximum absolute atomic E-state index is 12.5. The fourth-order valence-electron chi connectivity index (χ4n) is 2.93. The third-order valence-corrected chi connectivity index (χ3v) is 4.64. The van der Waals surface area contributed by atoms with Crippen molar-refractivity contribution in [2.45, 2.75) is 20.0 Å². The molecule has 1 heterocycles. The van der Waals surface area contributed by atoms with Gasteiger partial charge in [0.15, 0.2) is 11.5 Å². The SMILES string of the molecule is COc1ccc(CNc2ccnc(C(=O)NCc3ccccc3C)c2)cc1OC. The maximum atomic E-state index is 12.5. The van der Waals surface area contributed by atoms with Crippen LogP contribution in [0.15, 0.2) is 60.8 Å². The van der Waals surface area contributed by atoms with Gasteiger partial charge in [0.05, 0.1) is 14.2 Å². The average Bonchev–Trinajstić information content (AvgIpc) is 2.76. The minimum Gasteiger partial charge on any atom is -0.493 e. The van der Waals surface area contributed by atoms with Crippen molar-refractivity contribution in [2.75, 3.05) is 19.5 Å². The van der Waals surface area contributed by atoms with Gasteiger partial charge in [0.2, 0.25) is 0 Å². The first-order valence-electron chi connectivity index (χ1n) is 9.34. The fraction of sp³-hybridized carbons (Fsp3) is 0.217. The van der Waals surface area contributed by atoms with E-state index in [0.29, 0.717) is 30.3 Å². The molecule has 6 heteroatoms. The molecule has 3 aromatic rings. The largest absolute Gasteiger partial charge is 0.493 e. The highest BCUT2D eigenvalue weighted by molar-refractivity contribution is 5.93. The molecular weight excluding hydrogens is 366 g/mol. The molecule has 0 aliphatic carbocycles. The second kappa shape index (κ2) is 9.59. The first kappa shape index (κ1) is 20.2. The first-order chi connectivity index (χ1) is 14.1. The third-order valence-electron chi connectivity index (χ3n) is 4.64. The normalized spacial score (nSPS) is 10.3. The van der Waals surface area contributed by atoms with Gasteiger partial charge in [-0.05, 0) is 47.9 Å². The lowest BCUT2D eigenvalue weighted by Gasteiger charge is -2.12. The smallest absolute Gasteiger partial charge is 0.270 e. The summed E-state index contributed by atoms with van der Waals surface area (Å²) in [5.74, 6) is 1.16. The van der Waals surface area contributed by atoms with E-state index in [1.807, 2.05) is 55.5 Å². The van der Waals surface area contributed by atoms with Gasteiger partial charge in [-0.3, -0.25) is 9.78 Å². The van der Waals surface area contributed by atoms with Crippen LogP contribution in [0.1, 0.15) is 27.2 Å². The van der Waals surface area contributed by atoms with Crippen LogP contribution in [0.5, 0.6) is 11.5 Å². The van der Waals surface area contributed by atoms with Crippen molar-refractivity contribution in [1.82, 2.24) is 10.3 Å². The molecule has 2 aromatic carbocycles. The maximum Gasteiger partial charge on any atom is 0.270 e. The van der Waals surface area contributed by atoms with E-state index in [-0.39, 0.29) is 5.91 Å². The molecular formula is C23H25N3O3. The van der Waals surface area contributed by atoms with Gasteiger partial charge < -0.3 is 20.1 Å². The Morgan fingerprint density at radius 1 is 0.966 bits per heavy atom. The van der Waals surface area contributed by atoms with Crippen LogP contribution in [-0.2, 0) is 13.1 Å². The molecule has 0 spiro atoms. The molecule has 3 rings (SSSR count). The topological polar surface area (TPSA) is 72.5 Å². The molecule has 150 valence electrons. The zero-order valence-electron chi connectivity index (χ0n) is 16.9. The van der Waals surface area contributed by atoms with Gasteiger partial charge in [-0.25, -0.2) is 0 Å². The van der Waals surface area contributed by atoms with Gasteiger partial charge in [0.1, 0.15) is 5.69 Å². The Kier molecular flexibility index (Phi) is 6.68. The minimum absolute atomic E-state index is 0.206. The second-order valence-electron chi connectivity index (χ2n) is 6.58. The number of nitrogens with one attached hydrogen (secondary N) is 2. The van der Waals surface area contributed by atoms with Crippen LogP contribution >= 0.6 is 0 Å². The summed E-state index contributed by atoms with van der Waals surface area (Å²) in [5, 5.41) is 6.24. The van der Waals surface area contributed by atoms with E-state index in [2.05, 4.69) is 15.6 Å². The molecule has 0 saturated heterocycles. The van der Waals surface area contributed by atoms with Crippen molar-refractivity contribution in [2.24, 2.45) is 0 Å².